The van der Waals surface area contributed by atoms with Crippen LogP contribution in [0.2, 0.25) is 0 Å². The van der Waals surface area contributed by atoms with E-state index in [0.29, 0.717) is 12.7 Å². The second-order valence-electron chi connectivity index (χ2n) is 2.61. The van der Waals surface area contributed by atoms with Crippen molar-refractivity contribution >= 4 is 15.9 Å². The summed E-state index contributed by atoms with van der Waals surface area (Å²) in [5.74, 6) is 0.778. The van der Waals surface area contributed by atoms with Gasteiger partial charge in [-0.25, -0.2) is 0 Å². The van der Waals surface area contributed by atoms with Crippen LogP contribution in [0.4, 0.5) is 0 Å². The molecule has 0 aromatic carbocycles. The highest BCUT2D eigenvalue weighted by Crippen LogP contribution is 2.17. The Morgan fingerprint density at radius 3 is 3.17 bits per heavy atom. The van der Waals surface area contributed by atoms with Crippen molar-refractivity contribution < 1.29 is 9.47 Å². The van der Waals surface area contributed by atoms with Gasteiger partial charge >= 0.3 is 0 Å². The van der Waals surface area contributed by atoms with Crippen LogP contribution in [0.3, 0.4) is 0 Å². The Morgan fingerprint density at radius 2 is 2.50 bits per heavy atom. The zero-order chi connectivity index (χ0) is 8.39. The maximum Gasteiger partial charge on any atom is 0.138 e. The molecule has 1 saturated heterocycles. The molecule has 0 amide bonds. The highest BCUT2D eigenvalue weighted by molar-refractivity contribution is 9.10. The Balaban J connectivity index is 1.92. The number of nitrogens with zero attached hydrogens (tertiary/aromatic N) is 1. The van der Waals surface area contributed by atoms with Gasteiger partial charge in [0.2, 0.25) is 0 Å². The van der Waals surface area contributed by atoms with Crippen LogP contribution >= 0.6 is 15.9 Å². The van der Waals surface area contributed by atoms with Crippen molar-refractivity contribution in [3.05, 3.63) is 22.9 Å². The first-order valence-electron chi connectivity index (χ1n) is 3.69. The van der Waals surface area contributed by atoms with Crippen molar-refractivity contribution in [2.45, 2.75) is 6.10 Å². The van der Waals surface area contributed by atoms with Gasteiger partial charge in [-0.2, -0.15) is 0 Å². The van der Waals surface area contributed by atoms with E-state index in [1.54, 1.807) is 12.4 Å². The molecule has 1 aliphatic heterocycles. The van der Waals surface area contributed by atoms with E-state index in [1.807, 2.05) is 6.07 Å². The van der Waals surface area contributed by atoms with Gasteiger partial charge in [0.1, 0.15) is 18.5 Å². The SMILES string of the molecule is Brc1cncc(OC[C@@H]2CO2)c1. The summed E-state index contributed by atoms with van der Waals surface area (Å²) in [7, 11) is 0. The van der Waals surface area contributed by atoms with Gasteiger partial charge in [0.05, 0.1) is 12.8 Å². The van der Waals surface area contributed by atoms with E-state index in [0.717, 1.165) is 16.8 Å². The molecule has 1 atom stereocenters. The molecule has 1 aromatic rings. The number of aromatic nitrogens is 1. The fourth-order valence-electron chi connectivity index (χ4n) is 0.825. The van der Waals surface area contributed by atoms with E-state index in [2.05, 4.69) is 20.9 Å². The molecule has 3 nitrogen and oxygen atoms in total. The molecule has 1 aliphatic rings. The second-order valence-corrected chi connectivity index (χ2v) is 3.52. The van der Waals surface area contributed by atoms with Crippen LogP contribution in [0, 0.1) is 0 Å². The molecule has 4 heteroatoms. The molecule has 0 radical (unpaired) electrons. The number of pyridine rings is 1. The van der Waals surface area contributed by atoms with Gasteiger partial charge in [0.15, 0.2) is 0 Å². The summed E-state index contributed by atoms with van der Waals surface area (Å²) < 4.78 is 11.3. The Hall–Kier alpha value is -0.610. The molecule has 1 aromatic heterocycles. The minimum Gasteiger partial charge on any atom is -0.489 e. The lowest BCUT2D eigenvalue weighted by Gasteiger charge is -2.02. The molecule has 1 fully saturated rings. The predicted molar refractivity (Wildman–Crippen MR) is 47.2 cm³/mol. The minimum atomic E-state index is 0.295. The third-order valence-electron chi connectivity index (χ3n) is 1.52. The van der Waals surface area contributed by atoms with Gasteiger partial charge < -0.3 is 9.47 Å². The Labute approximate surface area is 78.8 Å². The topological polar surface area (TPSA) is 34.6 Å². The largest absolute Gasteiger partial charge is 0.489 e. The van der Waals surface area contributed by atoms with Gasteiger partial charge in [-0.05, 0) is 22.0 Å². The van der Waals surface area contributed by atoms with E-state index in [4.69, 9.17) is 9.47 Å². The van der Waals surface area contributed by atoms with E-state index in [1.165, 1.54) is 0 Å². The fraction of sp³-hybridized carbons (Fsp3) is 0.375. The molecule has 0 N–H and O–H groups in total. The molecule has 0 spiro atoms. The van der Waals surface area contributed by atoms with E-state index >= 15 is 0 Å². The maximum atomic E-state index is 5.39. The normalized spacial score (nSPS) is 20.6. The van der Waals surface area contributed by atoms with Crippen LogP contribution in [0.5, 0.6) is 5.75 Å². The number of hydrogen-bond donors (Lipinski definition) is 0. The number of halogens is 1. The van der Waals surface area contributed by atoms with Crippen molar-refractivity contribution in [1.82, 2.24) is 4.98 Å². The molecule has 2 rings (SSSR count). The standard InChI is InChI=1S/C8H8BrNO2/c9-6-1-7(3-10-2-6)11-4-8-5-12-8/h1-3,8H,4-5H2/t8-/m1/s1. The molecule has 64 valence electrons. The monoisotopic (exact) mass is 229 g/mol. The van der Waals surface area contributed by atoms with Crippen molar-refractivity contribution in [3.63, 3.8) is 0 Å². The van der Waals surface area contributed by atoms with Gasteiger partial charge in [-0.3, -0.25) is 4.98 Å². The molecular formula is C8H8BrNO2. The predicted octanol–water partition coefficient (Wildman–Crippen LogP) is 1.62. The Bertz CT molecular complexity index is 276. The molecule has 2 heterocycles. The van der Waals surface area contributed by atoms with Crippen molar-refractivity contribution in [1.29, 1.82) is 0 Å². The highest BCUT2D eigenvalue weighted by Gasteiger charge is 2.22. The van der Waals surface area contributed by atoms with Crippen LogP contribution in [0.1, 0.15) is 0 Å². The first-order valence-corrected chi connectivity index (χ1v) is 4.49. The van der Waals surface area contributed by atoms with E-state index in [-0.39, 0.29) is 0 Å². The molecule has 12 heavy (non-hydrogen) atoms. The summed E-state index contributed by atoms with van der Waals surface area (Å²) in [5, 5.41) is 0. The zero-order valence-corrected chi connectivity index (χ0v) is 7.95. The van der Waals surface area contributed by atoms with Crippen LogP contribution in [-0.2, 0) is 4.74 Å². The van der Waals surface area contributed by atoms with Gasteiger partial charge in [-0.15, -0.1) is 0 Å². The van der Waals surface area contributed by atoms with Crippen LogP contribution in [0.25, 0.3) is 0 Å². The van der Waals surface area contributed by atoms with Crippen molar-refractivity contribution in [2.75, 3.05) is 13.2 Å². The fourth-order valence-corrected chi connectivity index (χ4v) is 1.17. The number of ether oxygens (including phenoxy) is 2. The number of hydrogen-bond acceptors (Lipinski definition) is 3. The molecule has 0 bridgehead atoms. The first-order chi connectivity index (χ1) is 5.84. The summed E-state index contributed by atoms with van der Waals surface area (Å²) in [4.78, 5) is 3.97. The van der Waals surface area contributed by atoms with E-state index < -0.39 is 0 Å². The lowest BCUT2D eigenvalue weighted by atomic mass is 10.4. The summed E-state index contributed by atoms with van der Waals surface area (Å²) in [6.07, 6.45) is 3.71. The molecule has 0 unspecified atom stereocenters. The highest BCUT2D eigenvalue weighted by atomic mass is 79.9. The van der Waals surface area contributed by atoms with E-state index in [9.17, 15) is 0 Å². The number of epoxide rings is 1. The average molecular weight is 230 g/mol. The van der Waals surface area contributed by atoms with Crippen molar-refractivity contribution in [3.8, 4) is 5.75 Å². The van der Waals surface area contributed by atoms with Crippen LogP contribution in [-0.4, -0.2) is 24.3 Å². The van der Waals surface area contributed by atoms with Crippen LogP contribution in [0.15, 0.2) is 22.9 Å². The van der Waals surface area contributed by atoms with Crippen molar-refractivity contribution in [2.24, 2.45) is 0 Å². The quantitative estimate of drug-likeness (QED) is 0.740. The number of rotatable bonds is 3. The molecular weight excluding hydrogens is 222 g/mol. The summed E-state index contributed by atoms with van der Waals surface area (Å²) >= 11 is 3.31. The van der Waals surface area contributed by atoms with Gasteiger partial charge in [0.25, 0.3) is 0 Å². The van der Waals surface area contributed by atoms with Gasteiger partial charge in [0, 0.05) is 10.7 Å². The molecule has 0 saturated carbocycles. The Kier molecular flexibility index (Phi) is 2.28. The zero-order valence-electron chi connectivity index (χ0n) is 6.37. The second kappa shape index (κ2) is 3.41. The lowest BCUT2D eigenvalue weighted by Crippen LogP contribution is -2.03. The van der Waals surface area contributed by atoms with Crippen LogP contribution < -0.4 is 4.74 Å². The third-order valence-corrected chi connectivity index (χ3v) is 1.95. The van der Waals surface area contributed by atoms with Gasteiger partial charge in [-0.1, -0.05) is 0 Å². The average Bonchev–Trinajstić information content (AvgIpc) is 2.84. The first kappa shape index (κ1) is 8.01. The molecule has 0 aliphatic carbocycles. The maximum absolute atomic E-state index is 5.39. The Morgan fingerprint density at radius 1 is 1.67 bits per heavy atom. The summed E-state index contributed by atoms with van der Waals surface area (Å²) in [5.41, 5.74) is 0. The third kappa shape index (κ3) is 2.19. The summed E-state index contributed by atoms with van der Waals surface area (Å²) in [6.45, 7) is 1.44. The smallest absolute Gasteiger partial charge is 0.138 e. The lowest BCUT2D eigenvalue weighted by molar-refractivity contribution is 0.262. The summed E-state index contributed by atoms with van der Waals surface area (Å²) in [6, 6.07) is 1.88. The minimum absolute atomic E-state index is 0.295.